The third-order valence-electron chi connectivity index (χ3n) is 3.04. The number of urea groups is 1. The molecule has 0 saturated heterocycles. The molecule has 2 N–H and O–H groups in total. The van der Waals surface area contributed by atoms with Gasteiger partial charge in [0.1, 0.15) is 6.04 Å². The second kappa shape index (κ2) is 6.80. The highest BCUT2D eigenvalue weighted by molar-refractivity contribution is 6.30. The Balaban J connectivity index is 2.72. The fraction of sp³-hybridized carbons (Fsp3) is 0.467. The molecular weight excluding hydrogens is 292 g/mol. The van der Waals surface area contributed by atoms with Gasteiger partial charge in [0.05, 0.1) is 0 Å². The van der Waals surface area contributed by atoms with Crippen molar-refractivity contribution in [1.29, 1.82) is 0 Å². The lowest BCUT2D eigenvalue weighted by molar-refractivity contribution is -0.142. The molecule has 0 unspecified atom stereocenters. The van der Waals surface area contributed by atoms with Crippen molar-refractivity contribution in [2.45, 2.75) is 33.4 Å². The molecular formula is C15H21ClN2O3. The van der Waals surface area contributed by atoms with Crippen LogP contribution in [0.4, 0.5) is 4.79 Å². The van der Waals surface area contributed by atoms with Crippen molar-refractivity contribution in [2.24, 2.45) is 5.41 Å². The maximum absolute atomic E-state index is 12.1. The van der Waals surface area contributed by atoms with Crippen LogP contribution in [0.3, 0.4) is 0 Å². The molecule has 0 saturated carbocycles. The van der Waals surface area contributed by atoms with E-state index in [1.54, 1.807) is 46.0 Å². The highest BCUT2D eigenvalue weighted by Crippen LogP contribution is 2.20. The number of carboxylic acid groups (broad SMARTS) is 1. The van der Waals surface area contributed by atoms with Gasteiger partial charge in [-0.25, -0.2) is 9.59 Å². The zero-order chi connectivity index (χ0) is 16.2. The van der Waals surface area contributed by atoms with Gasteiger partial charge in [-0.15, -0.1) is 0 Å². The summed E-state index contributed by atoms with van der Waals surface area (Å²) in [6.07, 6.45) is 0. The molecule has 116 valence electrons. The van der Waals surface area contributed by atoms with Gasteiger partial charge in [0.15, 0.2) is 0 Å². The van der Waals surface area contributed by atoms with Crippen LogP contribution in [0.5, 0.6) is 0 Å². The molecule has 0 radical (unpaired) electrons. The van der Waals surface area contributed by atoms with E-state index in [1.807, 2.05) is 6.07 Å². The Kier molecular flexibility index (Phi) is 5.61. The van der Waals surface area contributed by atoms with Gasteiger partial charge in [-0.1, -0.05) is 44.5 Å². The average molecular weight is 313 g/mol. The number of rotatable bonds is 4. The first-order chi connectivity index (χ1) is 9.61. The summed E-state index contributed by atoms with van der Waals surface area (Å²) >= 11 is 5.90. The molecule has 1 atom stereocenters. The van der Waals surface area contributed by atoms with Crippen molar-refractivity contribution in [3.63, 3.8) is 0 Å². The molecule has 1 rings (SSSR count). The monoisotopic (exact) mass is 312 g/mol. The predicted octanol–water partition coefficient (Wildman–Crippen LogP) is 2.98. The number of amides is 2. The summed E-state index contributed by atoms with van der Waals surface area (Å²) in [5, 5.41) is 12.4. The van der Waals surface area contributed by atoms with Gasteiger partial charge in [-0.3, -0.25) is 0 Å². The fourth-order valence-corrected chi connectivity index (χ4v) is 2.08. The normalized spacial score (nSPS) is 12.6. The second-order valence-corrected chi connectivity index (χ2v) is 6.51. The van der Waals surface area contributed by atoms with Crippen molar-refractivity contribution in [2.75, 3.05) is 7.05 Å². The minimum Gasteiger partial charge on any atom is -0.480 e. The van der Waals surface area contributed by atoms with Crippen molar-refractivity contribution in [1.82, 2.24) is 10.2 Å². The first-order valence-electron chi connectivity index (χ1n) is 6.60. The molecule has 0 bridgehead atoms. The Morgan fingerprint density at radius 3 is 2.48 bits per heavy atom. The van der Waals surface area contributed by atoms with Crippen LogP contribution in [-0.4, -0.2) is 35.1 Å². The standard InChI is InChI=1S/C15H21ClN2O3/c1-15(2,3)12(13(19)20)17-14(21)18(4)9-10-6-5-7-11(16)8-10/h5-8,12H,9H2,1-4H3,(H,17,21)(H,19,20)/t12-/m1/s1. The van der Waals surface area contributed by atoms with Crippen molar-refractivity contribution in [3.05, 3.63) is 34.9 Å². The maximum Gasteiger partial charge on any atom is 0.326 e. The highest BCUT2D eigenvalue weighted by Gasteiger charge is 2.33. The summed E-state index contributed by atoms with van der Waals surface area (Å²) in [6.45, 7) is 5.65. The van der Waals surface area contributed by atoms with Crippen LogP contribution >= 0.6 is 11.6 Å². The van der Waals surface area contributed by atoms with Crippen molar-refractivity contribution >= 4 is 23.6 Å². The lowest BCUT2D eigenvalue weighted by atomic mass is 9.87. The summed E-state index contributed by atoms with van der Waals surface area (Å²) in [4.78, 5) is 24.8. The molecule has 0 aliphatic heterocycles. The molecule has 2 amide bonds. The Morgan fingerprint density at radius 1 is 1.38 bits per heavy atom. The first kappa shape index (κ1) is 17.3. The highest BCUT2D eigenvalue weighted by atomic mass is 35.5. The molecule has 1 aromatic carbocycles. The number of carbonyl (C=O) groups excluding carboxylic acids is 1. The topological polar surface area (TPSA) is 69.6 Å². The molecule has 5 nitrogen and oxygen atoms in total. The zero-order valence-corrected chi connectivity index (χ0v) is 13.4. The summed E-state index contributed by atoms with van der Waals surface area (Å²) < 4.78 is 0. The van der Waals surface area contributed by atoms with Gasteiger partial charge in [0.2, 0.25) is 0 Å². The number of nitrogens with one attached hydrogen (secondary N) is 1. The van der Waals surface area contributed by atoms with Crippen LogP contribution in [0.15, 0.2) is 24.3 Å². The molecule has 0 aliphatic carbocycles. The molecule has 0 aromatic heterocycles. The number of carboxylic acids is 1. The van der Waals surface area contributed by atoms with E-state index in [2.05, 4.69) is 5.32 Å². The van der Waals surface area contributed by atoms with E-state index >= 15 is 0 Å². The van der Waals surface area contributed by atoms with Crippen LogP contribution < -0.4 is 5.32 Å². The van der Waals surface area contributed by atoms with Crippen LogP contribution in [0, 0.1) is 5.41 Å². The molecule has 6 heteroatoms. The van der Waals surface area contributed by atoms with Crippen LogP contribution in [0.1, 0.15) is 26.3 Å². The number of hydrogen-bond acceptors (Lipinski definition) is 2. The molecule has 0 heterocycles. The fourth-order valence-electron chi connectivity index (χ4n) is 1.86. The molecule has 21 heavy (non-hydrogen) atoms. The summed E-state index contributed by atoms with van der Waals surface area (Å²) in [5.41, 5.74) is 0.307. The first-order valence-corrected chi connectivity index (χ1v) is 6.98. The van der Waals surface area contributed by atoms with Crippen molar-refractivity contribution in [3.8, 4) is 0 Å². The zero-order valence-electron chi connectivity index (χ0n) is 12.7. The van der Waals surface area contributed by atoms with Crippen molar-refractivity contribution < 1.29 is 14.7 Å². The Morgan fingerprint density at radius 2 is 2.00 bits per heavy atom. The predicted molar refractivity (Wildman–Crippen MR) is 82.3 cm³/mol. The molecule has 0 fully saturated rings. The summed E-state index contributed by atoms with van der Waals surface area (Å²) in [5.74, 6) is -1.05. The molecule has 0 aliphatic rings. The average Bonchev–Trinajstić information content (AvgIpc) is 2.33. The summed E-state index contributed by atoms with van der Waals surface area (Å²) in [6, 6.07) is 5.80. The van der Waals surface area contributed by atoms with Gasteiger partial charge in [0.25, 0.3) is 0 Å². The van der Waals surface area contributed by atoms with E-state index in [0.29, 0.717) is 11.6 Å². The maximum atomic E-state index is 12.1. The minimum atomic E-state index is -1.05. The largest absolute Gasteiger partial charge is 0.480 e. The van der Waals surface area contributed by atoms with Gasteiger partial charge < -0.3 is 15.3 Å². The van der Waals surface area contributed by atoms with E-state index in [4.69, 9.17) is 11.6 Å². The van der Waals surface area contributed by atoms with Gasteiger partial charge in [-0.2, -0.15) is 0 Å². The van der Waals surface area contributed by atoms with Gasteiger partial charge in [0, 0.05) is 18.6 Å². The summed E-state index contributed by atoms with van der Waals surface area (Å²) in [7, 11) is 1.61. The number of hydrogen-bond donors (Lipinski definition) is 2. The smallest absolute Gasteiger partial charge is 0.326 e. The van der Waals surface area contributed by atoms with Crippen LogP contribution in [0.2, 0.25) is 5.02 Å². The number of halogens is 1. The minimum absolute atomic E-state index is 0.350. The number of aliphatic carboxylic acids is 1. The Labute approximate surface area is 129 Å². The lowest BCUT2D eigenvalue weighted by Gasteiger charge is -2.29. The number of carbonyl (C=O) groups is 2. The number of nitrogens with zero attached hydrogens (tertiary/aromatic N) is 1. The lowest BCUT2D eigenvalue weighted by Crippen LogP contribution is -2.52. The third kappa shape index (κ3) is 5.27. The van der Waals surface area contributed by atoms with E-state index in [0.717, 1.165) is 5.56 Å². The van der Waals surface area contributed by atoms with Gasteiger partial charge >= 0.3 is 12.0 Å². The Hall–Kier alpha value is -1.75. The Bertz CT molecular complexity index is 526. The molecule has 0 spiro atoms. The second-order valence-electron chi connectivity index (χ2n) is 6.07. The van der Waals surface area contributed by atoms with E-state index in [1.165, 1.54) is 4.90 Å². The quantitative estimate of drug-likeness (QED) is 0.898. The van der Waals surface area contributed by atoms with E-state index in [9.17, 15) is 14.7 Å². The molecule has 1 aromatic rings. The van der Waals surface area contributed by atoms with E-state index in [-0.39, 0.29) is 0 Å². The SMILES string of the molecule is CN(Cc1cccc(Cl)c1)C(=O)N[C@H](C(=O)O)C(C)(C)C. The van der Waals surface area contributed by atoms with Gasteiger partial charge in [-0.05, 0) is 23.1 Å². The van der Waals surface area contributed by atoms with E-state index < -0.39 is 23.5 Å². The number of benzene rings is 1. The third-order valence-corrected chi connectivity index (χ3v) is 3.27. The van der Waals surface area contributed by atoms with Crippen LogP contribution in [0.25, 0.3) is 0 Å². The van der Waals surface area contributed by atoms with Crippen LogP contribution in [-0.2, 0) is 11.3 Å².